The Bertz CT molecular complexity index is 1010. The summed E-state index contributed by atoms with van der Waals surface area (Å²) < 4.78 is 10.7. The van der Waals surface area contributed by atoms with Gasteiger partial charge in [-0.15, -0.1) is 10.2 Å². The van der Waals surface area contributed by atoms with E-state index >= 15 is 0 Å². The summed E-state index contributed by atoms with van der Waals surface area (Å²) in [6.07, 6.45) is 0. The van der Waals surface area contributed by atoms with Crippen LogP contribution >= 0.6 is 11.8 Å². The van der Waals surface area contributed by atoms with E-state index in [-0.39, 0.29) is 17.6 Å². The van der Waals surface area contributed by atoms with E-state index in [1.54, 1.807) is 48.4 Å². The van der Waals surface area contributed by atoms with Crippen molar-refractivity contribution in [2.45, 2.75) is 19.1 Å². The van der Waals surface area contributed by atoms with Crippen molar-refractivity contribution >= 4 is 29.3 Å². The Morgan fingerprint density at radius 1 is 1.03 bits per heavy atom. The normalized spacial score (nSPS) is 10.5. The standard InChI is InChI=1S/C22H24N4O4S/c1-4-26(5-2)21(28)16-6-10-17(11-7-16)23-19(27)14-31-22-25-24-20(30-22)15-8-12-18(29-3)13-9-15/h6-13H,4-5,14H2,1-3H3,(H,23,27). The number of carbonyl (C=O) groups is 2. The fourth-order valence-corrected chi connectivity index (χ4v) is 3.40. The van der Waals surface area contributed by atoms with Gasteiger partial charge in [0.15, 0.2) is 0 Å². The van der Waals surface area contributed by atoms with Crippen molar-refractivity contribution in [1.82, 2.24) is 15.1 Å². The van der Waals surface area contributed by atoms with Gasteiger partial charge in [-0.2, -0.15) is 0 Å². The van der Waals surface area contributed by atoms with Crippen LogP contribution in [0.2, 0.25) is 0 Å². The maximum atomic E-state index is 12.3. The molecule has 0 aliphatic carbocycles. The molecule has 0 aliphatic heterocycles. The first-order chi connectivity index (χ1) is 15.0. The molecule has 162 valence electrons. The zero-order valence-corrected chi connectivity index (χ0v) is 18.4. The van der Waals surface area contributed by atoms with E-state index in [4.69, 9.17) is 9.15 Å². The van der Waals surface area contributed by atoms with Crippen LogP contribution in [0.1, 0.15) is 24.2 Å². The number of carbonyl (C=O) groups excluding carboxylic acids is 2. The number of aromatic nitrogens is 2. The Morgan fingerprint density at radius 3 is 2.32 bits per heavy atom. The minimum atomic E-state index is -0.211. The molecule has 3 rings (SSSR count). The fourth-order valence-electron chi connectivity index (χ4n) is 2.83. The molecule has 1 aromatic heterocycles. The van der Waals surface area contributed by atoms with E-state index in [1.807, 2.05) is 26.0 Å². The van der Waals surface area contributed by atoms with Crippen molar-refractivity contribution in [1.29, 1.82) is 0 Å². The monoisotopic (exact) mass is 440 g/mol. The number of hydrogen-bond acceptors (Lipinski definition) is 7. The van der Waals surface area contributed by atoms with Crippen molar-refractivity contribution < 1.29 is 18.7 Å². The van der Waals surface area contributed by atoms with E-state index in [0.717, 1.165) is 23.1 Å². The zero-order valence-electron chi connectivity index (χ0n) is 17.6. The van der Waals surface area contributed by atoms with Crippen LogP contribution in [0.15, 0.2) is 58.2 Å². The number of ether oxygens (including phenoxy) is 1. The van der Waals surface area contributed by atoms with E-state index in [0.29, 0.717) is 35.5 Å². The summed E-state index contributed by atoms with van der Waals surface area (Å²) in [6, 6.07) is 14.1. The average molecular weight is 441 g/mol. The summed E-state index contributed by atoms with van der Waals surface area (Å²) in [5.74, 6) is 0.989. The quantitative estimate of drug-likeness (QED) is 0.503. The molecule has 0 unspecified atom stereocenters. The minimum Gasteiger partial charge on any atom is -0.497 e. The van der Waals surface area contributed by atoms with Gasteiger partial charge in [0.05, 0.1) is 12.9 Å². The molecule has 1 heterocycles. The lowest BCUT2D eigenvalue weighted by Crippen LogP contribution is -2.30. The predicted octanol–water partition coefficient (Wildman–Crippen LogP) is 3.96. The second-order valence-electron chi connectivity index (χ2n) is 6.49. The lowest BCUT2D eigenvalue weighted by Gasteiger charge is -2.18. The number of rotatable bonds is 9. The van der Waals surface area contributed by atoms with Crippen LogP contribution in [0.4, 0.5) is 5.69 Å². The zero-order chi connectivity index (χ0) is 22.2. The first-order valence-electron chi connectivity index (χ1n) is 9.84. The minimum absolute atomic E-state index is 0.0255. The molecule has 3 aromatic rings. The molecule has 1 N–H and O–H groups in total. The van der Waals surface area contributed by atoms with Crippen molar-refractivity contribution in [3.05, 3.63) is 54.1 Å². The smallest absolute Gasteiger partial charge is 0.277 e. The van der Waals surface area contributed by atoms with E-state index < -0.39 is 0 Å². The molecular weight excluding hydrogens is 416 g/mol. The van der Waals surface area contributed by atoms with Gasteiger partial charge in [0.25, 0.3) is 11.1 Å². The number of nitrogens with one attached hydrogen (secondary N) is 1. The highest BCUT2D eigenvalue weighted by molar-refractivity contribution is 7.99. The molecule has 2 amide bonds. The van der Waals surface area contributed by atoms with Crippen molar-refractivity contribution in [3.8, 4) is 17.2 Å². The predicted molar refractivity (Wildman–Crippen MR) is 119 cm³/mol. The molecule has 0 atom stereocenters. The third-order valence-corrected chi connectivity index (χ3v) is 5.35. The summed E-state index contributed by atoms with van der Waals surface area (Å²) in [5, 5.41) is 11.1. The third kappa shape index (κ3) is 5.85. The highest BCUT2D eigenvalue weighted by atomic mass is 32.2. The van der Waals surface area contributed by atoms with E-state index in [9.17, 15) is 9.59 Å². The summed E-state index contributed by atoms with van der Waals surface area (Å²) in [7, 11) is 1.60. The van der Waals surface area contributed by atoms with Gasteiger partial charge >= 0.3 is 0 Å². The molecule has 9 heteroatoms. The molecule has 0 aliphatic rings. The van der Waals surface area contributed by atoms with Crippen LogP contribution in [0.25, 0.3) is 11.5 Å². The Labute approximate surface area is 185 Å². The summed E-state index contributed by atoms with van der Waals surface area (Å²) in [4.78, 5) is 26.3. The van der Waals surface area contributed by atoms with Gasteiger partial charge in [-0.1, -0.05) is 11.8 Å². The van der Waals surface area contributed by atoms with Crippen LogP contribution in [-0.2, 0) is 4.79 Å². The van der Waals surface area contributed by atoms with Gasteiger partial charge in [0.2, 0.25) is 11.8 Å². The van der Waals surface area contributed by atoms with Gasteiger partial charge < -0.3 is 19.4 Å². The molecule has 2 aromatic carbocycles. The van der Waals surface area contributed by atoms with E-state index in [2.05, 4.69) is 15.5 Å². The Balaban J connectivity index is 1.52. The number of amides is 2. The van der Waals surface area contributed by atoms with Gasteiger partial charge in [0.1, 0.15) is 5.75 Å². The molecule has 0 radical (unpaired) electrons. The number of methoxy groups -OCH3 is 1. The molecular formula is C22H24N4O4S. The van der Waals surface area contributed by atoms with Crippen molar-refractivity contribution in [3.63, 3.8) is 0 Å². The van der Waals surface area contributed by atoms with Crippen molar-refractivity contribution in [2.24, 2.45) is 0 Å². The maximum absolute atomic E-state index is 12.3. The molecule has 0 fully saturated rings. The Morgan fingerprint density at radius 2 is 1.71 bits per heavy atom. The highest BCUT2D eigenvalue weighted by Crippen LogP contribution is 2.25. The second kappa shape index (κ2) is 10.6. The summed E-state index contributed by atoms with van der Waals surface area (Å²) in [5.41, 5.74) is 1.98. The van der Waals surface area contributed by atoms with E-state index in [1.165, 1.54) is 0 Å². The molecule has 31 heavy (non-hydrogen) atoms. The van der Waals surface area contributed by atoms with Crippen LogP contribution in [0, 0.1) is 0 Å². The van der Waals surface area contributed by atoms with Crippen LogP contribution < -0.4 is 10.1 Å². The number of nitrogens with zero attached hydrogens (tertiary/aromatic N) is 3. The molecule has 0 saturated carbocycles. The lowest BCUT2D eigenvalue weighted by molar-refractivity contribution is -0.113. The molecule has 0 bridgehead atoms. The highest BCUT2D eigenvalue weighted by Gasteiger charge is 2.14. The summed E-state index contributed by atoms with van der Waals surface area (Å²) in [6.45, 7) is 5.19. The first kappa shape index (κ1) is 22.4. The van der Waals surface area contributed by atoms with Gasteiger partial charge in [-0.05, 0) is 62.4 Å². The lowest BCUT2D eigenvalue weighted by atomic mass is 10.2. The maximum Gasteiger partial charge on any atom is 0.277 e. The molecule has 0 spiro atoms. The van der Waals surface area contributed by atoms with Gasteiger partial charge in [-0.25, -0.2) is 0 Å². The largest absolute Gasteiger partial charge is 0.497 e. The SMILES string of the molecule is CCN(CC)C(=O)c1ccc(NC(=O)CSc2nnc(-c3ccc(OC)cc3)o2)cc1. The Kier molecular flexibility index (Phi) is 7.66. The number of thioether (sulfide) groups is 1. The van der Waals surface area contributed by atoms with Crippen LogP contribution in [-0.4, -0.2) is 52.9 Å². The number of benzene rings is 2. The van der Waals surface area contributed by atoms with Gasteiger partial charge in [-0.3, -0.25) is 9.59 Å². The molecule has 0 saturated heterocycles. The number of hydrogen-bond donors (Lipinski definition) is 1. The van der Waals surface area contributed by atoms with Crippen molar-refractivity contribution in [2.75, 3.05) is 31.3 Å². The average Bonchev–Trinajstić information content (AvgIpc) is 3.28. The second-order valence-corrected chi connectivity index (χ2v) is 7.42. The van der Waals surface area contributed by atoms with Gasteiger partial charge in [0, 0.05) is 29.9 Å². The fraction of sp³-hybridized carbons (Fsp3) is 0.273. The molecule has 8 nitrogen and oxygen atoms in total. The number of anilines is 1. The van der Waals surface area contributed by atoms with Crippen LogP contribution in [0.5, 0.6) is 5.75 Å². The summed E-state index contributed by atoms with van der Waals surface area (Å²) >= 11 is 1.15. The van der Waals surface area contributed by atoms with Crippen LogP contribution in [0.3, 0.4) is 0 Å². The topological polar surface area (TPSA) is 97.6 Å². The third-order valence-electron chi connectivity index (χ3n) is 4.54. The first-order valence-corrected chi connectivity index (χ1v) is 10.8. The Hall–Kier alpha value is -3.33.